The lowest BCUT2D eigenvalue weighted by Crippen LogP contribution is -2.53. The van der Waals surface area contributed by atoms with Crippen LogP contribution in [0.5, 0.6) is 0 Å². The zero-order valence-corrected chi connectivity index (χ0v) is 13.8. The van der Waals surface area contributed by atoms with E-state index in [9.17, 15) is 9.90 Å². The molecule has 118 valence electrons. The summed E-state index contributed by atoms with van der Waals surface area (Å²) in [6.07, 6.45) is 5.49. The number of aliphatic hydroxyl groups is 1. The molecule has 0 aliphatic heterocycles. The molecule has 1 saturated carbocycles. The van der Waals surface area contributed by atoms with Crippen LogP contribution < -0.4 is 5.32 Å². The topological polar surface area (TPSA) is 54.3 Å². The van der Waals surface area contributed by atoms with Crippen molar-refractivity contribution in [2.45, 2.75) is 58.0 Å². The third kappa shape index (κ3) is 3.61. The number of amides is 1. The molecule has 1 aliphatic carbocycles. The number of carbonyl (C=O) groups excluding carboxylic acids is 1. The molecule has 5 heteroatoms. The molecular weight excluding hydrogens is 288 g/mol. The van der Waals surface area contributed by atoms with Crippen LogP contribution in [0.1, 0.15) is 63.0 Å². The number of aromatic nitrogens is 1. The van der Waals surface area contributed by atoms with Gasteiger partial charge < -0.3 is 15.0 Å². The van der Waals surface area contributed by atoms with Crippen LogP contribution in [0, 0.1) is 5.92 Å². The fourth-order valence-electron chi connectivity index (χ4n) is 3.00. The van der Waals surface area contributed by atoms with Gasteiger partial charge in [0.1, 0.15) is 5.69 Å². The standard InChI is InChI=1S/C16H25ClN2O2/c1-11(2)19-9-13(17)8-14(19)15(21)18-16(10-20)6-4-12(3)5-7-16/h8-9,11-12,20H,4-7,10H2,1-3H3,(H,18,21). The monoisotopic (exact) mass is 312 g/mol. The summed E-state index contributed by atoms with van der Waals surface area (Å²) in [6, 6.07) is 1.85. The molecule has 1 heterocycles. The Kier molecular flexibility index (Phi) is 4.99. The van der Waals surface area contributed by atoms with Gasteiger partial charge in [-0.2, -0.15) is 0 Å². The summed E-state index contributed by atoms with van der Waals surface area (Å²) in [5, 5.41) is 13.4. The molecule has 0 unspecified atom stereocenters. The van der Waals surface area contributed by atoms with Crippen LogP contribution in [-0.4, -0.2) is 27.7 Å². The van der Waals surface area contributed by atoms with E-state index in [0.717, 1.165) is 25.7 Å². The van der Waals surface area contributed by atoms with E-state index < -0.39 is 5.54 Å². The van der Waals surface area contributed by atoms with Crippen LogP contribution in [0.15, 0.2) is 12.3 Å². The van der Waals surface area contributed by atoms with Crippen LogP contribution in [0.4, 0.5) is 0 Å². The Bertz CT molecular complexity index is 502. The quantitative estimate of drug-likeness (QED) is 0.895. The lowest BCUT2D eigenvalue weighted by molar-refractivity contribution is 0.0708. The molecule has 0 saturated heterocycles. The molecule has 1 aromatic heterocycles. The Morgan fingerprint density at radius 3 is 2.67 bits per heavy atom. The average molecular weight is 313 g/mol. The lowest BCUT2D eigenvalue weighted by Gasteiger charge is -2.38. The minimum atomic E-state index is -0.484. The Morgan fingerprint density at radius 2 is 2.14 bits per heavy atom. The van der Waals surface area contributed by atoms with E-state index in [1.165, 1.54) is 0 Å². The van der Waals surface area contributed by atoms with Crippen molar-refractivity contribution < 1.29 is 9.90 Å². The van der Waals surface area contributed by atoms with Crippen molar-refractivity contribution in [3.8, 4) is 0 Å². The zero-order chi connectivity index (χ0) is 15.6. The smallest absolute Gasteiger partial charge is 0.268 e. The number of carbonyl (C=O) groups is 1. The van der Waals surface area contributed by atoms with Gasteiger partial charge in [-0.3, -0.25) is 4.79 Å². The van der Waals surface area contributed by atoms with Gasteiger partial charge in [0.15, 0.2) is 0 Å². The summed E-state index contributed by atoms with van der Waals surface area (Å²) in [6.45, 7) is 6.23. The predicted octanol–water partition coefficient (Wildman–Crippen LogP) is 3.39. The number of hydrogen-bond acceptors (Lipinski definition) is 2. The van der Waals surface area contributed by atoms with Crippen molar-refractivity contribution in [3.05, 3.63) is 23.0 Å². The molecule has 2 rings (SSSR count). The molecule has 0 bridgehead atoms. The minimum absolute atomic E-state index is 0.0123. The molecule has 0 atom stereocenters. The highest BCUT2D eigenvalue weighted by Gasteiger charge is 2.35. The van der Waals surface area contributed by atoms with Crippen LogP contribution in [0.25, 0.3) is 0 Å². The first kappa shape index (κ1) is 16.4. The number of rotatable bonds is 4. The third-order valence-corrected chi connectivity index (χ3v) is 4.72. The van der Waals surface area contributed by atoms with Crippen molar-refractivity contribution in [3.63, 3.8) is 0 Å². The van der Waals surface area contributed by atoms with E-state index in [2.05, 4.69) is 12.2 Å². The van der Waals surface area contributed by atoms with Gasteiger partial charge in [0.05, 0.1) is 17.2 Å². The molecule has 1 amide bonds. The fraction of sp³-hybridized carbons (Fsp3) is 0.688. The molecule has 2 N–H and O–H groups in total. The van der Waals surface area contributed by atoms with E-state index in [0.29, 0.717) is 16.6 Å². The van der Waals surface area contributed by atoms with E-state index in [1.807, 2.05) is 18.4 Å². The number of nitrogens with one attached hydrogen (secondary N) is 1. The van der Waals surface area contributed by atoms with Gasteiger partial charge in [0.25, 0.3) is 5.91 Å². The molecule has 21 heavy (non-hydrogen) atoms. The normalized spacial score (nSPS) is 26.1. The van der Waals surface area contributed by atoms with Gasteiger partial charge in [-0.05, 0) is 51.5 Å². The molecule has 1 aromatic rings. The predicted molar refractivity (Wildman–Crippen MR) is 84.7 cm³/mol. The van der Waals surface area contributed by atoms with Gasteiger partial charge in [0, 0.05) is 12.2 Å². The summed E-state index contributed by atoms with van der Waals surface area (Å²) >= 11 is 6.03. The van der Waals surface area contributed by atoms with Gasteiger partial charge in [0.2, 0.25) is 0 Å². The number of nitrogens with zero attached hydrogens (tertiary/aromatic N) is 1. The molecule has 0 aromatic carbocycles. The maximum absolute atomic E-state index is 12.6. The second kappa shape index (κ2) is 6.41. The Hall–Kier alpha value is -1.00. The SMILES string of the molecule is CC1CCC(CO)(NC(=O)c2cc(Cl)cn2C(C)C)CC1. The Morgan fingerprint density at radius 1 is 1.52 bits per heavy atom. The summed E-state index contributed by atoms with van der Waals surface area (Å²) in [7, 11) is 0. The highest BCUT2D eigenvalue weighted by Crippen LogP contribution is 2.32. The fourth-order valence-corrected chi connectivity index (χ4v) is 3.21. The first-order chi connectivity index (χ1) is 9.87. The second-order valence-electron chi connectivity index (χ2n) is 6.62. The van der Waals surface area contributed by atoms with Gasteiger partial charge >= 0.3 is 0 Å². The number of hydrogen-bond donors (Lipinski definition) is 2. The number of aliphatic hydroxyl groups excluding tert-OH is 1. The minimum Gasteiger partial charge on any atom is -0.394 e. The summed E-state index contributed by atoms with van der Waals surface area (Å²) < 4.78 is 1.87. The largest absolute Gasteiger partial charge is 0.394 e. The van der Waals surface area contributed by atoms with Crippen molar-refractivity contribution >= 4 is 17.5 Å². The van der Waals surface area contributed by atoms with Crippen molar-refractivity contribution in [1.29, 1.82) is 0 Å². The van der Waals surface area contributed by atoms with Crippen LogP contribution in [0.2, 0.25) is 5.02 Å². The van der Waals surface area contributed by atoms with Crippen molar-refractivity contribution in [1.82, 2.24) is 9.88 Å². The Labute approximate surface area is 131 Å². The number of halogens is 1. The first-order valence-electron chi connectivity index (χ1n) is 7.67. The molecule has 0 radical (unpaired) electrons. The molecule has 4 nitrogen and oxygen atoms in total. The Balaban J connectivity index is 2.17. The third-order valence-electron chi connectivity index (χ3n) is 4.52. The summed E-state index contributed by atoms with van der Waals surface area (Å²) in [5.41, 5.74) is 0.0729. The highest BCUT2D eigenvalue weighted by atomic mass is 35.5. The average Bonchev–Trinajstić information content (AvgIpc) is 2.84. The first-order valence-corrected chi connectivity index (χ1v) is 8.05. The summed E-state index contributed by atoms with van der Waals surface area (Å²) in [4.78, 5) is 12.6. The molecule has 1 fully saturated rings. The van der Waals surface area contributed by atoms with E-state index >= 15 is 0 Å². The maximum Gasteiger partial charge on any atom is 0.268 e. The maximum atomic E-state index is 12.6. The van der Waals surface area contributed by atoms with Gasteiger partial charge in [-0.1, -0.05) is 18.5 Å². The van der Waals surface area contributed by atoms with Crippen molar-refractivity contribution in [2.75, 3.05) is 6.61 Å². The van der Waals surface area contributed by atoms with Crippen molar-refractivity contribution in [2.24, 2.45) is 5.92 Å². The van der Waals surface area contributed by atoms with Crippen LogP contribution in [-0.2, 0) is 0 Å². The zero-order valence-electron chi connectivity index (χ0n) is 13.0. The van der Waals surface area contributed by atoms with Crippen LogP contribution >= 0.6 is 11.6 Å². The van der Waals surface area contributed by atoms with E-state index in [1.54, 1.807) is 12.3 Å². The molecular formula is C16H25ClN2O2. The van der Waals surface area contributed by atoms with Gasteiger partial charge in [-0.25, -0.2) is 0 Å². The second-order valence-corrected chi connectivity index (χ2v) is 7.06. The summed E-state index contributed by atoms with van der Waals surface area (Å²) in [5.74, 6) is 0.509. The lowest BCUT2D eigenvalue weighted by atomic mass is 9.77. The molecule has 1 aliphatic rings. The van der Waals surface area contributed by atoms with E-state index in [4.69, 9.17) is 11.6 Å². The van der Waals surface area contributed by atoms with Crippen LogP contribution in [0.3, 0.4) is 0 Å². The molecule has 0 spiro atoms. The van der Waals surface area contributed by atoms with E-state index in [-0.39, 0.29) is 18.6 Å². The highest BCUT2D eigenvalue weighted by molar-refractivity contribution is 6.31. The van der Waals surface area contributed by atoms with Gasteiger partial charge in [-0.15, -0.1) is 0 Å².